The van der Waals surface area contributed by atoms with Crippen molar-refractivity contribution < 1.29 is 60.3 Å². The summed E-state index contributed by atoms with van der Waals surface area (Å²) in [4.78, 5) is 13.6. The van der Waals surface area contributed by atoms with E-state index in [9.17, 15) is 0 Å². The van der Waals surface area contributed by atoms with Crippen LogP contribution in [-0.2, 0) is 60.3 Å². The van der Waals surface area contributed by atoms with Crippen LogP contribution in [0.2, 0.25) is 0 Å². The molecule has 0 amide bonds. The van der Waals surface area contributed by atoms with Crippen molar-refractivity contribution in [1.29, 1.82) is 0 Å². The van der Waals surface area contributed by atoms with Crippen molar-refractivity contribution >= 4 is 0 Å². The molecular formula is C54H42Ir3N3-3. The largest absolute Gasteiger partial charge is 0.304 e. The Morgan fingerprint density at radius 3 is 1.13 bits per heavy atom. The van der Waals surface area contributed by atoms with Gasteiger partial charge in [-0.3, -0.25) is 0 Å². The third-order valence-corrected chi connectivity index (χ3v) is 9.58. The van der Waals surface area contributed by atoms with Crippen molar-refractivity contribution in [3.63, 3.8) is 0 Å². The van der Waals surface area contributed by atoms with Crippen LogP contribution in [0.25, 0.3) is 67.2 Å². The molecule has 0 N–H and O–H groups in total. The fourth-order valence-electron chi connectivity index (χ4n) is 6.59. The van der Waals surface area contributed by atoms with E-state index in [1.807, 2.05) is 122 Å². The zero-order valence-corrected chi connectivity index (χ0v) is 40.6. The Labute approximate surface area is 395 Å². The zero-order valence-electron chi connectivity index (χ0n) is 33.4. The third kappa shape index (κ3) is 12.6. The molecule has 0 aliphatic heterocycles. The Morgan fingerprint density at radius 1 is 0.317 bits per heavy atom. The number of hydrogen-bond acceptors (Lipinski definition) is 3. The average molecular weight is 1310 g/mol. The van der Waals surface area contributed by atoms with Crippen LogP contribution in [0.1, 0.15) is 16.7 Å². The van der Waals surface area contributed by atoms with Crippen LogP contribution in [0.4, 0.5) is 0 Å². The summed E-state index contributed by atoms with van der Waals surface area (Å²) in [7, 11) is 0. The quantitative estimate of drug-likeness (QED) is 0.156. The minimum absolute atomic E-state index is 0. The molecule has 3 nitrogen and oxygen atoms in total. The Balaban J connectivity index is 0.000000194. The molecule has 0 atom stereocenters. The van der Waals surface area contributed by atoms with Crippen molar-refractivity contribution in [3.05, 3.63) is 235 Å². The van der Waals surface area contributed by atoms with E-state index in [4.69, 9.17) is 0 Å². The standard InChI is InChI=1S/C19H16N.C18H14N.C17H12N.3Ir/c1-14-7-6-8-15(2)19(14)17-11-12-18(20-13-17)16-9-4-3-5-10-16;1-14-7-5-6-10-17(14)16-11-12-18(19-13-16)15-8-3-2-4-9-15;1-3-7-14(8-4-1)16-11-12-17(18-13-16)15-9-5-2-6-10-15;;;/h3-9,11-13H,1-2H3;2-8,10-13H,1H3;1-9,11-13H;;;/q3*-1;;;. The topological polar surface area (TPSA) is 38.7 Å². The molecule has 303 valence electrons. The number of rotatable bonds is 6. The maximum absolute atomic E-state index is 4.58. The molecule has 0 aliphatic rings. The zero-order chi connectivity index (χ0) is 39.2. The van der Waals surface area contributed by atoms with Crippen LogP contribution in [0.5, 0.6) is 0 Å². The summed E-state index contributed by atoms with van der Waals surface area (Å²) in [6.45, 7) is 6.40. The Hall–Kier alpha value is -5.28. The fourth-order valence-corrected chi connectivity index (χ4v) is 6.59. The van der Waals surface area contributed by atoms with E-state index >= 15 is 0 Å². The van der Waals surface area contributed by atoms with Gasteiger partial charge in [0.05, 0.1) is 0 Å². The second-order valence-electron chi connectivity index (χ2n) is 13.6. The summed E-state index contributed by atoms with van der Waals surface area (Å²) < 4.78 is 0. The smallest absolute Gasteiger partial charge is 0.0239 e. The van der Waals surface area contributed by atoms with E-state index in [-0.39, 0.29) is 60.3 Å². The van der Waals surface area contributed by atoms with Gasteiger partial charge >= 0.3 is 0 Å². The van der Waals surface area contributed by atoms with Crippen LogP contribution in [-0.4, -0.2) is 15.0 Å². The number of nitrogens with zero attached hydrogens (tertiary/aromatic N) is 3. The number of benzene rings is 6. The maximum Gasteiger partial charge on any atom is 0.0239 e. The van der Waals surface area contributed by atoms with Gasteiger partial charge in [0.25, 0.3) is 0 Å². The van der Waals surface area contributed by atoms with Gasteiger partial charge < -0.3 is 15.0 Å². The van der Waals surface area contributed by atoms with E-state index in [1.54, 1.807) is 0 Å². The van der Waals surface area contributed by atoms with Gasteiger partial charge in [-0.1, -0.05) is 109 Å². The molecule has 6 heteroatoms. The molecule has 6 aromatic carbocycles. The normalized spacial score (nSPS) is 9.85. The monoisotopic (exact) mass is 1310 g/mol. The predicted molar refractivity (Wildman–Crippen MR) is 236 cm³/mol. The van der Waals surface area contributed by atoms with Gasteiger partial charge in [-0.05, 0) is 87.9 Å². The first-order valence-corrected chi connectivity index (χ1v) is 19.0. The van der Waals surface area contributed by atoms with Gasteiger partial charge in [-0.25, -0.2) is 0 Å². The van der Waals surface area contributed by atoms with Gasteiger partial charge in [0.15, 0.2) is 0 Å². The number of aromatic nitrogens is 3. The van der Waals surface area contributed by atoms with Crippen LogP contribution in [0, 0.1) is 39.0 Å². The Bertz CT molecular complexity index is 2520. The summed E-state index contributed by atoms with van der Waals surface area (Å²) in [6, 6.07) is 70.8. The molecule has 60 heavy (non-hydrogen) atoms. The molecule has 0 unspecified atom stereocenters. The van der Waals surface area contributed by atoms with Crippen molar-refractivity contribution in [2.24, 2.45) is 0 Å². The second-order valence-corrected chi connectivity index (χ2v) is 13.6. The van der Waals surface area contributed by atoms with E-state index in [0.29, 0.717) is 0 Å². The van der Waals surface area contributed by atoms with Crippen LogP contribution >= 0.6 is 0 Å². The molecule has 9 rings (SSSR count). The summed E-state index contributed by atoms with van der Waals surface area (Å²) in [5.74, 6) is 0. The van der Waals surface area contributed by atoms with Gasteiger partial charge in [0.1, 0.15) is 0 Å². The summed E-state index contributed by atoms with van der Waals surface area (Å²) in [6.07, 6.45) is 5.79. The van der Waals surface area contributed by atoms with Gasteiger partial charge in [-0.2, -0.15) is 0 Å². The molecule has 3 aromatic heterocycles. The summed E-state index contributed by atoms with van der Waals surface area (Å²) in [5, 5.41) is 0. The first-order chi connectivity index (χ1) is 28.0. The Morgan fingerprint density at radius 2 is 0.717 bits per heavy atom. The van der Waals surface area contributed by atoms with Crippen LogP contribution in [0.15, 0.2) is 201 Å². The molecule has 3 radical (unpaired) electrons. The molecule has 0 saturated heterocycles. The Kier molecular flexibility index (Phi) is 19.0. The average Bonchev–Trinajstić information content (AvgIpc) is 3.29. The summed E-state index contributed by atoms with van der Waals surface area (Å²) >= 11 is 0. The van der Waals surface area contributed by atoms with Gasteiger partial charge in [0, 0.05) is 78.9 Å². The maximum atomic E-state index is 4.58. The predicted octanol–water partition coefficient (Wildman–Crippen LogP) is 13.6. The molecule has 9 aromatic rings. The first kappa shape index (κ1) is 47.4. The molecule has 0 fully saturated rings. The van der Waals surface area contributed by atoms with Crippen molar-refractivity contribution in [2.45, 2.75) is 20.8 Å². The molecule has 3 heterocycles. The molecule has 0 spiro atoms. The SMILES string of the molecule is Cc1cccc(C)c1-c1ccc(-c2[c-]cccc2)nc1.Cc1ccccc1-c1ccc(-c2[c-]cccc2)nc1.[Ir].[Ir].[Ir].[c-]1ccccc1-c1ccc(-c2ccccc2)cn1. The van der Waals surface area contributed by atoms with E-state index in [2.05, 4.69) is 133 Å². The van der Waals surface area contributed by atoms with Gasteiger partial charge in [-0.15, -0.1) is 108 Å². The van der Waals surface area contributed by atoms with E-state index < -0.39 is 0 Å². The van der Waals surface area contributed by atoms with Gasteiger partial charge in [0.2, 0.25) is 0 Å². The van der Waals surface area contributed by atoms with Crippen LogP contribution in [0.3, 0.4) is 0 Å². The summed E-state index contributed by atoms with van der Waals surface area (Å²) in [5.41, 5.74) is 16.9. The van der Waals surface area contributed by atoms with Crippen molar-refractivity contribution in [1.82, 2.24) is 15.0 Å². The molecular weight excluding hydrogens is 1270 g/mol. The van der Waals surface area contributed by atoms with E-state index in [0.717, 1.165) is 44.9 Å². The minimum Gasteiger partial charge on any atom is -0.304 e. The van der Waals surface area contributed by atoms with E-state index in [1.165, 1.54) is 38.9 Å². The van der Waals surface area contributed by atoms with Crippen molar-refractivity contribution in [3.8, 4) is 67.2 Å². The second kappa shape index (κ2) is 24.1. The fraction of sp³-hybridized carbons (Fsp3) is 0.0556. The van der Waals surface area contributed by atoms with Crippen molar-refractivity contribution in [2.75, 3.05) is 0 Å². The van der Waals surface area contributed by atoms with Crippen LogP contribution < -0.4 is 0 Å². The number of aryl methyl sites for hydroxylation is 3. The molecule has 0 aliphatic carbocycles. The molecule has 0 saturated carbocycles. The molecule has 0 bridgehead atoms. The third-order valence-electron chi connectivity index (χ3n) is 9.58. The first-order valence-electron chi connectivity index (χ1n) is 19.0. The number of pyridine rings is 3. The number of hydrogen-bond donors (Lipinski definition) is 0. The minimum atomic E-state index is 0.